The lowest BCUT2D eigenvalue weighted by Crippen LogP contribution is -1.98. The zero-order valence-corrected chi connectivity index (χ0v) is 12.7. The highest BCUT2D eigenvalue weighted by atomic mass is 35.5. The van der Waals surface area contributed by atoms with Crippen LogP contribution in [0.3, 0.4) is 0 Å². The quantitative estimate of drug-likeness (QED) is 0.680. The second kappa shape index (κ2) is 5.93. The van der Waals surface area contributed by atoms with E-state index in [1.165, 1.54) is 0 Å². The molecule has 0 amide bonds. The van der Waals surface area contributed by atoms with Crippen LogP contribution in [-0.4, -0.2) is 22.1 Å². The number of pyridine rings is 1. The van der Waals surface area contributed by atoms with Crippen LogP contribution in [0.15, 0.2) is 36.5 Å². The summed E-state index contributed by atoms with van der Waals surface area (Å²) in [4.78, 5) is 13.1. The molecule has 6 heteroatoms. The van der Waals surface area contributed by atoms with Crippen LogP contribution in [0.2, 0.25) is 10.2 Å². The fraction of sp³-hybridized carbons (Fsp3) is 0.133. The molecule has 0 saturated carbocycles. The van der Waals surface area contributed by atoms with Gasteiger partial charge in [0.05, 0.1) is 22.8 Å². The van der Waals surface area contributed by atoms with Crippen molar-refractivity contribution in [3.63, 3.8) is 0 Å². The van der Waals surface area contributed by atoms with Crippen molar-refractivity contribution in [2.75, 3.05) is 7.11 Å². The van der Waals surface area contributed by atoms with Crippen LogP contribution in [0, 0.1) is 0 Å². The van der Waals surface area contributed by atoms with Crippen molar-refractivity contribution in [1.29, 1.82) is 0 Å². The third kappa shape index (κ3) is 2.83. The monoisotopic (exact) mass is 319 g/mol. The molecule has 1 aromatic carbocycles. The van der Waals surface area contributed by atoms with E-state index in [9.17, 15) is 0 Å². The lowest BCUT2D eigenvalue weighted by atomic mass is 10.1. The standard InChI is InChI=1S/C15H11Cl2N3O/c1-21-8-9-7-13(17)20-15(19-9)11-4-5-12(16)10-3-2-6-18-14(10)11/h2-7H,8H2,1H3. The zero-order chi connectivity index (χ0) is 14.8. The first-order valence-electron chi connectivity index (χ1n) is 6.25. The number of benzene rings is 1. The lowest BCUT2D eigenvalue weighted by Gasteiger charge is -2.08. The van der Waals surface area contributed by atoms with Crippen LogP contribution in [0.25, 0.3) is 22.3 Å². The molecule has 0 bridgehead atoms. The van der Waals surface area contributed by atoms with Crippen molar-refractivity contribution >= 4 is 34.1 Å². The Morgan fingerprint density at radius 2 is 2.00 bits per heavy atom. The molecule has 0 N–H and O–H groups in total. The third-order valence-corrected chi connectivity index (χ3v) is 3.52. The summed E-state index contributed by atoms with van der Waals surface area (Å²) in [5.74, 6) is 0.509. The largest absolute Gasteiger partial charge is 0.378 e. The average molecular weight is 320 g/mol. The highest BCUT2D eigenvalue weighted by molar-refractivity contribution is 6.35. The summed E-state index contributed by atoms with van der Waals surface area (Å²) in [6, 6.07) is 9.09. The maximum absolute atomic E-state index is 6.20. The molecule has 21 heavy (non-hydrogen) atoms. The predicted octanol–water partition coefficient (Wildman–Crippen LogP) is 4.15. The summed E-state index contributed by atoms with van der Waals surface area (Å²) >= 11 is 12.3. The fourth-order valence-corrected chi connectivity index (χ4v) is 2.55. The van der Waals surface area contributed by atoms with Gasteiger partial charge in [0.25, 0.3) is 0 Å². The summed E-state index contributed by atoms with van der Waals surface area (Å²) < 4.78 is 5.09. The van der Waals surface area contributed by atoms with E-state index in [-0.39, 0.29) is 0 Å². The van der Waals surface area contributed by atoms with Gasteiger partial charge in [-0.05, 0) is 30.3 Å². The maximum atomic E-state index is 6.20. The van der Waals surface area contributed by atoms with Gasteiger partial charge in [0, 0.05) is 24.3 Å². The molecule has 2 heterocycles. The summed E-state index contributed by atoms with van der Waals surface area (Å²) in [6.45, 7) is 0.369. The highest BCUT2D eigenvalue weighted by Crippen LogP contribution is 2.30. The summed E-state index contributed by atoms with van der Waals surface area (Å²) in [5.41, 5.74) is 2.25. The van der Waals surface area contributed by atoms with E-state index in [1.54, 1.807) is 25.4 Å². The molecule has 0 aliphatic carbocycles. The molecule has 3 rings (SSSR count). The summed E-state index contributed by atoms with van der Waals surface area (Å²) in [6.07, 6.45) is 1.71. The molecule has 0 radical (unpaired) electrons. The predicted molar refractivity (Wildman–Crippen MR) is 83.5 cm³/mol. The molecule has 0 aliphatic heterocycles. The SMILES string of the molecule is COCc1cc(Cl)nc(-c2ccc(Cl)c3cccnc23)n1. The molecular weight excluding hydrogens is 309 g/mol. The average Bonchev–Trinajstić information content (AvgIpc) is 2.47. The Bertz CT molecular complexity index is 808. The lowest BCUT2D eigenvalue weighted by molar-refractivity contribution is 0.181. The van der Waals surface area contributed by atoms with Gasteiger partial charge in [0.2, 0.25) is 0 Å². The van der Waals surface area contributed by atoms with Crippen molar-refractivity contribution in [2.24, 2.45) is 0 Å². The minimum Gasteiger partial charge on any atom is -0.378 e. The van der Waals surface area contributed by atoms with E-state index >= 15 is 0 Å². The Morgan fingerprint density at radius 3 is 2.81 bits per heavy atom. The van der Waals surface area contributed by atoms with Crippen LogP contribution < -0.4 is 0 Å². The van der Waals surface area contributed by atoms with Crippen molar-refractivity contribution < 1.29 is 4.74 Å². The molecule has 106 valence electrons. The number of rotatable bonds is 3. The van der Waals surface area contributed by atoms with E-state index in [2.05, 4.69) is 15.0 Å². The Kier molecular flexibility index (Phi) is 4.01. The van der Waals surface area contributed by atoms with E-state index in [0.29, 0.717) is 28.3 Å². The number of hydrogen-bond donors (Lipinski definition) is 0. The first-order chi connectivity index (χ1) is 10.2. The minimum atomic E-state index is 0.367. The summed E-state index contributed by atoms with van der Waals surface area (Å²) in [5, 5.41) is 1.86. The molecule has 3 aromatic rings. The van der Waals surface area contributed by atoms with Gasteiger partial charge in [-0.25, -0.2) is 9.97 Å². The first-order valence-corrected chi connectivity index (χ1v) is 7.00. The van der Waals surface area contributed by atoms with Gasteiger partial charge in [-0.3, -0.25) is 4.98 Å². The molecular formula is C15H11Cl2N3O. The summed E-state index contributed by atoms with van der Waals surface area (Å²) in [7, 11) is 1.61. The third-order valence-electron chi connectivity index (χ3n) is 3.00. The second-order valence-electron chi connectivity index (χ2n) is 4.43. The molecule has 0 atom stereocenters. The molecule has 0 unspecified atom stereocenters. The Hall–Kier alpha value is -1.75. The fourth-order valence-electron chi connectivity index (χ4n) is 2.12. The topological polar surface area (TPSA) is 47.9 Å². The van der Waals surface area contributed by atoms with Crippen LogP contribution in [-0.2, 0) is 11.3 Å². The number of hydrogen-bond acceptors (Lipinski definition) is 4. The molecule has 0 aliphatic rings. The van der Waals surface area contributed by atoms with Crippen LogP contribution in [0.4, 0.5) is 0 Å². The van der Waals surface area contributed by atoms with Crippen molar-refractivity contribution in [3.8, 4) is 11.4 Å². The van der Waals surface area contributed by atoms with Gasteiger partial charge in [-0.2, -0.15) is 0 Å². The Morgan fingerprint density at radius 1 is 1.14 bits per heavy atom. The highest BCUT2D eigenvalue weighted by Gasteiger charge is 2.12. The van der Waals surface area contributed by atoms with Gasteiger partial charge >= 0.3 is 0 Å². The van der Waals surface area contributed by atoms with E-state index in [1.807, 2.05) is 18.2 Å². The van der Waals surface area contributed by atoms with Crippen LogP contribution in [0.5, 0.6) is 0 Å². The number of methoxy groups -OCH3 is 1. The molecule has 4 nitrogen and oxygen atoms in total. The zero-order valence-electron chi connectivity index (χ0n) is 11.2. The van der Waals surface area contributed by atoms with Gasteiger partial charge in [-0.1, -0.05) is 23.2 Å². The molecule has 0 saturated heterocycles. The second-order valence-corrected chi connectivity index (χ2v) is 5.23. The van der Waals surface area contributed by atoms with E-state index in [4.69, 9.17) is 27.9 Å². The number of aromatic nitrogens is 3. The van der Waals surface area contributed by atoms with Crippen molar-refractivity contribution in [3.05, 3.63) is 52.4 Å². The normalized spacial score (nSPS) is 11.0. The number of halogens is 2. The van der Waals surface area contributed by atoms with Crippen LogP contribution in [0.1, 0.15) is 5.69 Å². The van der Waals surface area contributed by atoms with Gasteiger partial charge < -0.3 is 4.74 Å². The number of nitrogens with zero attached hydrogens (tertiary/aromatic N) is 3. The van der Waals surface area contributed by atoms with Gasteiger partial charge in [0.1, 0.15) is 5.15 Å². The smallest absolute Gasteiger partial charge is 0.163 e. The number of ether oxygens (including phenoxy) is 1. The number of fused-ring (bicyclic) bond motifs is 1. The van der Waals surface area contributed by atoms with E-state index in [0.717, 1.165) is 16.5 Å². The molecule has 0 fully saturated rings. The first kappa shape index (κ1) is 14.2. The maximum Gasteiger partial charge on any atom is 0.163 e. The van der Waals surface area contributed by atoms with Crippen molar-refractivity contribution in [1.82, 2.24) is 15.0 Å². The molecule has 0 spiro atoms. The van der Waals surface area contributed by atoms with Gasteiger partial charge in [-0.15, -0.1) is 0 Å². The van der Waals surface area contributed by atoms with Gasteiger partial charge in [0.15, 0.2) is 5.82 Å². The minimum absolute atomic E-state index is 0.367. The van der Waals surface area contributed by atoms with E-state index < -0.39 is 0 Å². The van der Waals surface area contributed by atoms with Crippen molar-refractivity contribution in [2.45, 2.75) is 6.61 Å². The molecule has 2 aromatic heterocycles. The van der Waals surface area contributed by atoms with Crippen LogP contribution >= 0.6 is 23.2 Å². The Balaban J connectivity index is 2.23. The Labute approximate surface area is 131 Å².